The highest BCUT2D eigenvalue weighted by molar-refractivity contribution is 7.91. The van der Waals surface area contributed by atoms with Crippen molar-refractivity contribution in [2.24, 2.45) is 4.99 Å². The first kappa shape index (κ1) is 19.5. The third kappa shape index (κ3) is 4.54. The standard InChI is InChI=1S/C20H22N2O3S2/c1-4-22-17-11-14(2)10-15(3)19(17)26-20(22)21-18(23)13-27(24,25)12-16-8-6-5-7-9-16/h5-11H,4,12-13H2,1-3H3. The minimum atomic E-state index is -3.57. The second kappa shape index (κ2) is 7.78. The van der Waals surface area contributed by atoms with E-state index in [1.54, 1.807) is 24.3 Å². The van der Waals surface area contributed by atoms with Gasteiger partial charge in [0, 0.05) is 6.54 Å². The van der Waals surface area contributed by atoms with E-state index in [4.69, 9.17) is 0 Å². The minimum absolute atomic E-state index is 0.159. The first-order valence-electron chi connectivity index (χ1n) is 8.71. The van der Waals surface area contributed by atoms with Gasteiger partial charge in [0.2, 0.25) is 0 Å². The summed E-state index contributed by atoms with van der Waals surface area (Å²) in [6, 6.07) is 13.0. The average Bonchev–Trinajstić information content (AvgIpc) is 2.91. The Morgan fingerprint density at radius 2 is 1.85 bits per heavy atom. The molecule has 0 fully saturated rings. The number of carbonyl (C=O) groups excluding carboxylic acids is 1. The maximum atomic E-state index is 12.4. The van der Waals surface area contributed by atoms with Crippen LogP contribution in [0.4, 0.5) is 0 Å². The lowest BCUT2D eigenvalue weighted by Gasteiger charge is -2.03. The lowest BCUT2D eigenvalue weighted by atomic mass is 10.1. The van der Waals surface area contributed by atoms with Crippen LogP contribution in [0.5, 0.6) is 0 Å². The van der Waals surface area contributed by atoms with Crippen molar-refractivity contribution in [1.82, 2.24) is 4.57 Å². The van der Waals surface area contributed by atoms with Gasteiger partial charge >= 0.3 is 0 Å². The van der Waals surface area contributed by atoms with Gasteiger partial charge in [-0.15, -0.1) is 0 Å². The number of benzene rings is 2. The second-order valence-electron chi connectivity index (χ2n) is 6.58. The zero-order valence-corrected chi connectivity index (χ0v) is 17.2. The van der Waals surface area contributed by atoms with Gasteiger partial charge in [-0.05, 0) is 43.5 Å². The Balaban J connectivity index is 1.92. The van der Waals surface area contributed by atoms with Crippen LogP contribution in [0.1, 0.15) is 23.6 Å². The zero-order chi connectivity index (χ0) is 19.6. The number of aromatic nitrogens is 1. The number of carbonyl (C=O) groups is 1. The lowest BCUT2D eigenvalue weighted by Crippen LogP contribution is -2.21. The van der Waals surface area contributed by atoms with E-state index in [0.717, 1.165) is 21.3 Å². The molecule has 0 aliphatic carbocycles. The fraction of sp³-hybridized carbons (Fsp3) is 0.300. The molecule has 3 aromatic rings. The predicted octanol–water partition coefficient (Wildman–Crippen LogP) is 3.38. The van der Waals surface area contributed by atoms with E-state index in [1.165, 1.54) is 11.3 Å². The van der Waals surface area contributed by atoms with Crippen molar-refractivity contribution < 1.29 is 13.2 Å². The molecule has 0 spiro atoms. The number of nitrogens with zero attached hydrogens (tertiary/aromatic N) is 2. The summed E-state index contributed by atoms with van der Waals surface area (Å²) in [7, 11) is -3.57. The van der Waals surface area contributed by atoms with E-state index < -0.39 is 21.5 Å². The number of amides is 1. The van der Waals surface area contributed by atoms with Crippen LogP contribution in [0.3, 0.4) is 0 Å². The van der Waals surface area contributed by atoms with Crippen molar-refractivity contribution in [1.29, 1.82) is 0 Å². The van der Waals surface area contributed by atoms with Crippen LogP contribution < -0.4 is 4.80 Å². The number of hydrogen-bond acceptors (Lipinski definition) is 4. The van der Waals surface area contributed by atoms with Crippen LogP contribution in [-0.4, -0.2) is 24.6 Å². The van der Waals surface area contributed by atoms with Crippen LogP contribution >= 0.6 is 11.3 Å². The number of sulfone groups is 1. The fourth-order valence-electron chi connectivity index (χ4n) is 3.11. The van der Waals surface area contributed by atoms with Crippen molar-refractivity contribution in [2.75, 3.05) is 5.75 Å². The molecule has 5 nitrogen and oxygen atoms in total. The van der Waals surface area contributed by atoms with E-state index in [-0.39, 0.29) is 5.75 Å². The summed E-state index contributed by atoms with van der Waals surface area (Å²) >= 11 is 1.42. The van der Waals surface area contributed by atoms with Crippen molar-refractivity contribution >= 4 is 37.3 Å². The Hall–Kier alpha value is -2.25. The predicted molar refractivity (Wildman–Crippen MR) is 109 cm³/mol. The third-order valence-electron chi connectivity index (χ3n) is 4.22. The van der Waals surface area contributed by atoms with E-state index in [1.807, 2.05) is 31.4 Å². The average molecular weight is 403 g/mol. The van der Waals surface area contributed by atoms with Crippen LogP contribution in [-0.2, 0) is 26.9 Å². The number of thiazole rings is 1. The van der Waals surface area contributed by atoms with E-state index in [9.17, 15) is 13.2 Å². The maximum Gasteiger partial charge on any atom is 0.263 e. The van der Waals surface area contributed by atoms with E-state index in [0.29, 0.717) is 16.9 Å². The summed E-state index contributed by atoms with van der Waals surface area (Å²) in [5.74, 6) is -1.38. The topological polar surface area (TPSA) is 68.5 Å². The van der Waals surface area contributed by atoms with Crippen LogP contribution in [0, 0.1) is 13.8 Å². The van der Waals surface area contributed by atoms with Gasteiger partial charge in [-0.25, -0.2) is 8.42 Å². The summed E-state index contributed by atoms with van der Waals surface area (Å²) in [5.41, 5.74) is 3.96. The van der Waals surface area contributed by atoms with Gasteiger partial charge < -0.3 is 4.57 Å². The Bertz CT molecular complexity index is 1160. The Kier molecular flexibility index (Phi) is 5.62. The van der Waals surface area contributed by atoms with E-state index >= 15 is 0 Å². The molecule has 0 saturated heterocycles. The highest BCUT2D eigenvalue weighted by Gasteiger charge is 2.18. The molecule has 1 amide bonds. The second-order valence-corrected chi connectivity index (χ2v) is 9.62. The molecular formula is C20H22N2O3S2. The number of hydrogen-bond donors (Lipinski definition) is 0. The van der Waals surface area contributed by atoms with E-state index in [2.05, 4.69) is 17.1 Å². The molecule has 0 radical (unpaired) electrons. The third-order valence-corrected chi connectivity index (χ3v) is 6.91. The molecule has 1 aromatic heterocycles. The smallest absolute Gasteiger partial charge is 0.263 e. The molecule has 3 rings (SSSR count). The van der Waals surface area contributed by atoms with Gasteiger partial charge in [0.1, 0.15) is 5.75 Å². The normalized spacial score (nSPS) is 12.6. The molecule has 7 heteroatoms. The van der Waals surface area contributed by atoms with Crippen molar-refractivity contribution in [3.8, 4) is 0 Å². The monoisotopic (exact) mass is 402 g/mol. The van der Waals surface area contributed by atoms with Crippen molar-refractivity contribution in [3.05, 3.63) is 64.0 Å². The van der Waals surface area contributed by atoms with Crippen LogP contribution in [0.15, 0.2) is 47.5 Å². The molecule has 1 heterocycles. The van der Waals surface area contributed by atoms with Crippen LogP contribution in [0.2, 0.25) is 0 Å². The highest BCUT2D eigenvalue weighted by Crippen LogP contribution is 2.23. The fourth-order valence-corrected chi connectivity index (χ4v) is 5.51. The molecule has 0 N–H and O–H groups in total. The number of fused-ring (bicyclic) bond motifs is 1. The van der Waals surface area contributed by atoms with Crippen molar-refractivity contribution in [2.45, 2.75) is 33.1 Å². The Morgan fingerprint density at radius 3 is 2.52 bits per heavy atom. The largest absolute Gasteiger partial charge is 0.317 e. The SMILES string of the molecule is CCn1c(=NC(=O)CS(=O)(=O)Cc2ccccc2)sc2c(C)cc(C)cc21. The molecule has 27 heavy (non-hydrogen) atoms. The lowest BCUT2D eigenvalue weighted by molar-refractivity contribution is -0.115. The van der Waals surface area contributed by atoms with Gasteiger partial charge in [-0.1, -0.05) is 47.7 Å². The van der Waals surface area contributed by atoms with Gasteiger partial charge in [-0.2, -0.15) is 4.99 Å². The first-order valence-corrected chi connectivity index (χ1v) is 11.4. The first-order chi connectivity index (χ1) is 12.8. The molecule has 0 saturated carbocycles. The molecule has 2 aromatic carbocycles. The summed E-state index contributed by atoms with van der Waals surface area (Å²) in [6.07, 6.45) is 0. The van der Waals surface area contributed by atoms with Crippen LogP contribution in [0.25, 0.3) is 10.2 Å². The summed E-state index contributed by atoms with van der Waals surface area (Å²) in [6.45, 7) is 6.70. The Labute approximate surface area is 162 Å². The van der Waals surface area contributed by atoms with Gasteiger partial charge in [0.05, 0.1) is 16.0 Å². The number of aryl methyl sites for hydroxylation is 3. The van der Waals surface area contributed by atoms with Gasteiger partial charge in [0.25, 0.3) is 5.91 Å². The Morgan fingerprint density at radius 1 is 1.15 bits per heavy atom. The summed E-state index contributed by atoms with van der Waals surface area (Å²) < 4.78 is 27.7. The number of rotatable bonds is 5. The molecule has 0 atom stereocenters. The van der Waals surface area contributed by atoms with Crippen molar-refractivity contribution in [3.63, 3.8) is 0 Å². The molecule has 0 bridgehead atoms. The molecule has 0 aliphatic rings. The minimum Gasteiger partial charge on any atom is -0.317 e. The highest BCUT2D eigenvalue weighted by atomic mass is 32.2. The molecule has 0 aliphatic heterocycles. The molecule has 142 valence electrons. The van der Waals surface area contributed by atoms with Gasteiger partial charge in [0.15, 0.2) is 14.6 Å². The molecule has 0 unspecified atom stereocenters. The zero-order valence-electron chi connectivity index (χ0n) is 15.6. The summed E-state index contributed by atoms with van der Waals surface area (Å²) in [5, 5.41) is 0. The van der Waals surface area contributed by atoms with Gasteiger partial charge in [-0.3, -0.25) is 4.79 Å². The maximum absolute atomic E-state index is 12.4. The molecular weight excluding hydrogens is 380 g/mol. The quantitative estimate of drug-likeness (QED) is 0.657. The summed E-state index contributed by atoms with van der Waals surface area (Å²) in [4.78, 5) is 17.0.